The minimum absolute atomic E-state index is 0.0124. The maximum atomic E-state index is 13.9. The van der Waals surface area contributed by atoms with Gasteiger partial charge in [0.2, 0.25) is 5.67 Å². The van der Waals surface area contributed by atoms with E-state index >= 15 is 0 Å². The van der Waals surface area contributed by atoms with Gasteiger partial charge in [-0.25, -0.2) is 9.18 Å². The number of nitrogens with zero attached hydrogens (tertiary/aromatic N) is 1. The zero-order valence-corrected chi connectivity index (χ0v) is 15.6. The number of hydrogen-bond acceptors (Lipinski definition) is 3. The fraction of sp³-hybridized carbons (Fsp3) is 0.550. The van der Waals surface area contributed by atoms with E-state index in [0.29, 0.717) is 12.3 Å². The van der Waals surface area contributed by atoms with Crippen LogP contribution in [0.5, 0.6) is 5.75 Å². The van der Waals surface area contributed by atoms with Crippen molar-refractivity contribution in [2.75, 3.05) is 26.2 Å². The molecule has 0 bridgehead atoms. The van der Waals surface area contributed by atoms with Crippen molar-refractivity contribution in [3.63, 3.8) is 0 Å². The highest BCUT2D eigenvalue weighted by Crippen LogP contribution is 2.34. The van der Waals surface area contributed by atoms with Gasteiger partial charge in [0.15, 0.2) is 0 Å². The second-order valence-corrected chi connectivity index (χ2v) is 7.67. The summed E-state index contributed by atoms with van der Waals surface area (Å²) in [5, 5.41) is 8.86. The molecule has 0 spiro atoms. The minimum atomic E-state index is -4.17. The van der Waals surface area contributed by atoms with Gasteiger partial charge in [-0.15, -0.1) is 0 Å². The standard InChI is InChI=1S/C20H23F4NO3/c1-13-7-15-9-17(28-6-2-5-20(22,23)24)4-3-14(15)8-16(13)10-25-11-19(21,12-25)18(26)27/h3-4,8-9,13H,2,5-7,10-12H2,1H3,(H,26,27)/t13-/m0/s1. The number of alkyl halides is 4. The molecule has 154 valence electrons. The third kappa shape index (κ3) is 4.84. The molecule has 1 saturated heterocycles. The molecule has 1 heterocycles. The fourth-order valence-electron chi connectivity index (χ4n) is 3.62. The Labute approximate surface area is 160 Å². The molecule has 0 amide bonds. The molecule has 1 aliphatic heterocycles. The Morgan fingerprint density at radius 2 is 2.07 bits per heavy atom. The van der Waals surface area contributed by atoms with Crippen LogP contribution in [0.4, 0.5) is 17.6 Å². The number of fused-ring (bicyclic) bond motifs is 1. The number of rotatable bonds is 7. The molecular formula is C20H23F4NO3. The molecule has 1 fully saturated rings. The first kappa shape index (κ1) is 20.6. The Morgan fingerprint density at radius 1 is 1.36 bits per heavy atom. The summed E-state index contributed by atoms with van der Waals surface area (Å²) in [6.07, 6.45) is -2.34. The van der Waals surface area contributed by atoms with E-state index < -0.39 is 24.2 Å². The van der Waals surface area contributed by atoms with Crippen molar-refractivity contribution in [2.45, 2.75) is 38.0 Å². The van der Waals surface area contributed by atoms with Crippen molar-refractivity contribution in [1.82, 2.24) is 4.90 Å². The summed E-state index contributed by atoms with van der Waals surface area (Å²) in [7, 11) is 0. The van der Waals surface area contributed by atoms with Gasteiger partial charge in [0.1, 0.15) is 5.75 Å². The second kappa shape index (κ2) is 7.73. The molecule has 2 aliphatic rings. The molecule has 28 heavy (non-hydrogen) atoms. The monoisotopic (exact) mass is 401 g/mol. The van der Waals surface area contributed by atoms with Gasteiger partial charge in [-0.1, -0.05) is 24.6 Å². The molecule has 1 atom stereocenters. The summed E-state index contributed by atoms with van der Waals surface area (Å²) in [6.45, 7) is 2.37. The zero-order chi connectivity index (χ0) is 20.5. The first-order valence-corrected chi connectivity index (χ1v) is 9.23. The van der Waals surface area contributed by atoms with Crippen LogP contribution in [0.2, 0.25) is 0 Å². The summed E-state index contributed by atoms with van der Waals surface area (Å²) in [4.78, 5) is 12.6. The van der Waals surface area contributed by atoms with Crippen LogP contribution in [0.1, 0.15) is 30.9 Å². The molecule has 0 saturated carbocycles. The zero-order valence-electron chi connectivity index (χ0n) is 15.6. The average Bonchev–Trinajstić information content (AvgIpc) is 2.56. The molecule has 0 radical (unpaired) electrons. The summed E-state index contributed by atoms with van der Waals surface area (Å²) in [5.74, 6) is -0.661. The molecule has 1 N–H and O–H groups in total. The lowest BCUT2D eigenvalue weighted by molar-refractivity contribution is -0.163. The lowest BCUT2D eigenvalue weighted by Gasteiger charge is -2.42. The van der Waals surface area contributed by atoms with E-state index in [4.69, 9.17) is 9.84 Å². The van der Waals surface area contributed by atoms with E-state index in [-0.39, 0.29) is 32.0 Å². The number of benzene rings is 1. The van der Waals surface area contributed by atoms with Gasteiger partial charge in [-0.3, -0.25) is 4.90 Å². The smallest absolute Gasteiger partial charge is 0.389 e. The molecule has 0 unspecified atom stereocenters. The van der Waals surface area contributed by atoms with E-state index in [1.165, 1.54) is 0 Å². The van der Waals surface area contributed by atoms with Crippen molar-refractivity contribution in [3.8, 4) is 5.75 Å². The van der Waals surface area contributed by atoms with Gasteiger partial charge in [0, 0.05) is 26.1 Å². The Morgan fingerprint density at radius 3 is 2.71 bits per heavy atom. The molecule has 3 rings (SSSR count). The number of aliphatic carboxylic acids is 1. The Balaban J connectivity index is 1.57. The number of carbonyl (C=O) groups is 1. The highest BCUT2D eigenvalue weighted by molar-refractivity contribution is 5.79. The van der Waals surface area contributed by atoms with Crippen molar-refractivity contribution in [2.24, 2.45) is 5.92 Å². The second-order valence-electron chi connectivity index (χ2n) is 7.67. The number of likely N-dealkylation sites (tertiary alicyclic amines) is 1. The topological polar surface area (TPSA) is 49.8 Å². The maximum absolute atomic E-state index is 13.9. The lowest BCUT2D eigenvalue weighted by atomic mass is 9.83. The van der Waals surface area contributed by atoms with Gasteiger partial charge >= 0.3 is 12.1 Å². The van der Waals surface area contributed by atoms with Crippen LogP contribution >= 0.6 is 0 Å². The van der Waals surface area contributed by atoms with Gasteiger partial charge in [0.25, 0.3) is 0 Å². The van der Waals surface area contributed by atoms with Crippen LogP contribution in [0.15, 0.2) is 23.8 Å². The highest BCUT2D eigenvalue weighted by Gasteiger charge is 2.50. The predicted molar refractivity (Wildman–Crippen MR) is 96.0 cm³/mol. The summed E-state index contributed by atoms with van der Waals surface area (Å²) < 4.78 is 55.8. The molecule has 8 heteroatoms. The predicted octanol–water partition coefficient (Wildman–Crippen LogP) is 4.09. The van der Waals surface area contributed by atoms with E-state index in [1.54, 1.807) is 11.0 Å². The van der Waals surface area contributed by atoms with Crippen LogP contribution in [0, 0.1) is 5.92 Å². The van der Waals surface area contributed by atoms with Crippen LogP contribution in [-0.2, 0) is 11.2 Å². The third-order valence-electron chi connectivity index (χ3n) is 5.23. The largest absolute Gasteiger partial charge is 0.494 e. The van der Waals surface area contributed by atoms with E-state index in [0.717, 1.165) is 23.1 Å². The van der Waals surface area contributed by atoms with Gasteiger partial charge in [-0.05, 0) is 42.0 Å². The SMILES string of the molecule is C[C@H]1Cc2cc(OCCCC(F)(F)F)ccc2C=C1CN1CC(F)(C(=O)O)C1. The van der Waals surface area contributed by atoms with Crippen molar-refractivity contribution in [1.29, 1.82) is 0 Å². The number of halogens is 4. The molecule has 1 aliphatic carbocycles. The van der Waals surface area contributed by atoms with Crippen molar-refractivity contribution in [3.05, 3.63) is 34.9 Å². The van der Waals surface area contributed by atoms with E-state index in [1.807, 2.05) is 25.1 Å². The number of carboxylic acid groups (broad SMARTS) is 1. The first-order chi connectivity index (χ1) is 13.1. The third-order valence-corrected chi connectivity index (χ3v) is 5.23. The highest BCUT2D eigenvalue weighted by atomic mass is 19.4. The quantitative estimate of drug-likeness (QED) is 0.552. The van der Waals surface area contributed by atoms with Gasteiger partial charge < -0.3 is 9.84 Å². The minimum Gasteiger partial charge on any atom is -0.494 e. The van der Waals surface area contributed by atoms with Crippen LogP contribution in [0.3, 0.4) is 0 Å². The maximum Gasteiger partial charge on any atom is 0.389 e. The lowest BCUT2D eigenvalue weighted by Crippen LogP contribution is -2.63. The van der Waals surface area contributed by atoms with E-state index in [9.17, 15) is 22.4 Å². The molecule has 1 aromatic rings. The van der Waals surface area contributed by atoms with E-state index in [2.05, 4.69) is 0 Å². The number of ether oxygens (including phenoxy) is 1. The Kier molecular flexibility index (Phi) is 5.70. The van der Waals surface area contributed by atoms with Gasteiger partial charge in [0.05, 0.1) is 6.61 Å². The summed E-state index contributed by atoms with van der Waals surface area (Å²) >= 11 is 0. The van der Waals surface area contributed by atoms with Crippen molar-refractivity contribution >= 4 is 12.0 Å². The fourth-order valence-corrected chi connectivity index (χ4v) is 3.62. The molecule has 4 nitrogen and oxygen atoms in total. The number of hydrogen-bond donors (Lipinski definition) is 1. The van der Waals surface area contributed by atoms with Crippen LogP contribution in [-0.4, -0.2) is 54.1 Å². The normalized spacial score (nSPS) is 21.5. The Hall–Kier alpha value is -2.09. The average molecular weight is 401 g/mol. The Bertz CT molecular complexity index is 769. The van der Waals surface area contributed by atoms with Crippen molar-refractivity contribution < 1.29 is 32.2 Å². The van der Waals surface area contributed by atoms with Gasteiger partial charge in [-0.2, -0.15) is 13.2 Å². The summed E-state index contributed by atoms with van der Waals surface area (Å²) in [5.41, 5.74) is 1.02. The molecule has 1 aromatic carbocycles. The summed E-state index contributed by atoms with van der Waals surface area (Å²) in [6, 6.07) is 5.46. The van der Waals surface area contributed by atoms with Crippen LogP contribution in [0.25, 0.3) is 6.08 Å². The molecule has 0 aromatic heterocycles. The number of carboxylic acids is 1. The molecular weight excluding hydrogens is 378 g/mol. The van der Waals surface area contributed by atoms with Crippen LogP contribution < -0.4 is 4.74 Å². The first-order valence-electron chi connectivity index (χ1n) is 9.23.